The van der Waals surface area contributed by atoms with Crippen LogP contribution < -0.4 is 0 Å². The molecule has 0 aromatic carbocycles. The zero-order valence-corrected chi connectivity index (χ0v) is 6.51. The summed E-state index contributed by atoms with van der Waals surface area (Å²) in [5.41, 5.74) is 0. The van der Waals surface area contributed by atoms with Crippen LogP contribution in [0.5, 0.6) is 0 Å². The maximum Gasteiger partial charge on any atom is 0.510 e. The van der Waals surface area contributed by atoms with Crippen LogP contribution in [0.25, 0.3) is 0 Å². The minimum absolute atomic E-state index is 2.67. The molecule has 0 aromatic rings. The van der Waals surface area contributed by atoms with Crippen molar-refractivity contribution in [3.8, 4) is 0 Å². The van der Waals surface area contributed by atoms with E-state index in [0.29, 0.717) is 0 Å². The van der Waals surface area contributed by atoms with Crippen LogP contribution in [0.2, 0.25) is 0 Å². The van der Waals surface area contributed by atoms with Crippen molar-refractivity contribution in [2.45, 2.75) is 0 Å². The molecule has 11 heteroatoms. The number of rotatable bonds is 4. The van der Waals surface area contributed by atoms with E-state index in [2.05, 4.69) is 14.0 Å². The minimum Gasteiger partial charge on any atom is -0.302 e. The van der Waals surface area contributed by atoms with Gasteiger partial charge in [-0.05, 0) is 0 Å². The molecule has 68 valence electrons. The van der Waals surface area contributed by atoms with E-state index in [0.717, 1.165) is 0 Å². The second-order valence-electron chi connectivity index (χ2n) is 1.19. The van der Waals surface area contributed by atoms with E-state index in [1.54, 1.807) is 0 Å². The van der Waals surface area contributed by atoms with Crippen LogP contribution >= 0.6 is 15.6 Å². The SMILES string of the molecule is O=P(O)(O)OP(=O)(O)OOO. The molecular weight excluding hydrogens is 206 g/mol. The molecule has 0 amide bonds. The fourth-order valence-corrected chi connectivity index (χ4v) is 1.46. The molecule has 0 bridgehead atoms. The van der Waals surface area contributed by atoms with E-state index in [4.69, 9.17) is 19.9 Å². The Labute approximate surface area is 59.8 Å². The van der Waals surface area contributed by atoms with Crippen molar-refractivity contribution in [2.24, 2.45) is 0 Å². The molecule has 0 heterocycles. The lowest BCUT2D eigenvalue weighted by Crippen LogP contribution is -1.92. The van der Waals surface area contributed by atoms with Crippen LogP contribution in [-0.4, -0.2) is 19.9 Å². The van der Waals surface area contributed by atoms with Crippen molar-refractivity contribution in [3.05, 3.63) is 0 Å². The number of hydrogen-bond acceptors (Lipinski definition) is 6. The molecule has 11 heavy (non-hydrogen) atoms. The first-order chi connectivity index (χ1) is 4.77. The lowest BCUT2D eigenvalue weighted by Gasteiger charge is -2.07. The quantitative estimate of drug-likeness (QED) is 0.277. The number of hydrogen-bond donors (Lipinski definition) is 4. The summed E-state index contributed by atoms with van der Waals surface area (Å²) >= 11 is 0. The van der Waals surface area contributed by atoms with E-state index in [-0.39, 0.29) is 0 Å². The molecule has 0 radical (unpaired) electrons. The van der Waals surface area contributed by atoms with Gasteiger partial charge < -0.3 is 14.7 Å². The highest BCUT2D eigenvalue weighted by atomic mass is 31.3. The Bertz CT molecular complexity index is 198. The van der Waals surface area contributed by atoms with Gasteiger partial charge in [-0.25, -0.2) is 14.4 Å². The Hall–Kier alpha value is 0.180. The van der Waals surface area contributed by atoms with Gasteiger partial charge in [-0.1, -0.05) is 9.71 Å². The monoisotopic (exact) mass is 210 g/mol. The van der Waals surface area contributed by atoms with Gasteiger partial charge in [-0.2, -0.15) is 4.31 Å². The minimum atomic E-state index is -5.15. The highest BCUT2D eigenvalue weighted by molar-refractivity contribution is 7.60. The first-order valence-corrected chi connectivity index (χ1v) is 4.89. The molecule has 0 aliphatic carbocycles. The summed E-state index contributed by atoms with van der Waals surface area (Å²) < 4.78 is 26.2. The fourth-order valence-electron chi connectivity index (χ4n) is 0.190. The van der Waals surface area contributed by atoms with Crippen molar-refractivity contribution in [1.29, 1.82) is 0 Å². The Morgan fingerprint density at radius 1 is 1.09 bits per heavy atom. The molecule has 1 atom stereocenters. The van der Waals surface area contributed by atoms with Crippen LogP contribution in [-0.2, 0) is 23.2 Å². The molecule has 0 saturated carbocycles. The zero-order chi connectivity index (χ0) is 9.12. The van der Waals surface area contributed by atoms with Crippen molar-refractivity contribution >= 4 is 15.6 Å². The Kier molecular flexibility index (Phi) is 3.78. The van der Waals surface area contributed by atoms with Crippen LogP contribution in [0.4, 0.5) is 0 Å². The first kappa shape index (κ1) is 11.2. The third kappa shape index (κ3) is 6.57. The third-order valence-electron chi connectivity index (χ3n) is 0.337. The normalized spacial score (nSPS) is 17.8. The average molecular weight is 210 g/mol. The summed E-state index contributed by atoms with van der Waals surface area (Å²) in [6.45, 7) is 0. The van der Waals surface area contributed by atoms with Gasteiger partial charge in [0.2, 0.25) is 0 Å². The van der Waals surface area contributed by atoms with Gasteiger partial charge in [-0.3, -0.25) is 0 Å². The summed E-state index contributed by atoms with van der Waals surface area (Å²) in [6, 6.07) is 0. The molecule has 0 aliphatic rings. The molecule has 0 aliphatic heterocycles. The van der Waals surface area contributed by atoms with E-state index >= 15 is 0 Å². The van der Waals surface area contributed by atoms with Gasteiger partial charge in [0.15, 0.2) is 0 Å². The Balaban J connectivity index is 4.14. The molecule has 0 saturated heterocycles. The van der Waals surface area contributed by atoms with Crippen molar-refractivity contribution < 1.29 is 43.1 Å². The molecule has 4 N–H and O–H groups in total. The second kappa shape index (κ2) is 3.72. The molecule has 0 aromatic heterocycles. The van der Waals surface area contributed by atoms with Crippen molar-refractivity contribution in [2.75, 3.05) is 0 Å². The molecule has 0 fully saturated rings. The predicted octanol–water partition coefficient (Wildman–Crippen LogP) is -0.383. The Morgan fingerprint density at radius 3 is 1.82 bits per heavy atom. The van der Waals surface area contributed by atoms with Gasteiger partial charge in [-0.15, -0.1) is 0 Å². The van der Waals surface area contributed by atoms with Gasteiger partial charge >= 0.3 is 15.6 Å². The standard InChI is InChI=1S/H4O9P2/c1-7-8-11(5,6)9-10(2,3)4/h1H,(H,5,6)(H2,2,3,4). The smallest absolute Gasteiger partial charge is 0.302 e. The summed E-state index contributed by atoms with van der Waals surface area (Å²) in [6.07, 6.45) is 0. The van der Waals surface area contributed by atoms with E-state index < -0.39 is 15.6 Å². The van der Waals surface area contributed by atoms with Gasteiger partial charge in [0.25, 0.3) is 0 Å². The van der Waals surface area contributed by atoms with E-state index in [9.17, 15) is 9.13 Å². The fraction of sp³-hybridized carbons (Fsp3) is 0. The third-order valence-corrected chi connectivity index (χ3v) is 2.27. The highest BCUT2D eigenvalue weighted by Crippen LogP contribution is 2.57. The molecule has 0 spiro atoms. The van der Waals surface area contributed by atoms with Gasteiger partial charge in [0.1, 0.15) is 0 Å². The number of phosphoric acid groups is 2. The van der Waals surface area contributed by atoms with Crippen LogP contribution in [0.1, 0.15) is 0 Å². The predicted molar refractivity (Wildman–Crippen MR) is 27.8 cm³/mol. The topological polar surface area (TPSA) is 143 Å². The van der Waals surface area contributed by atoms with Gasteiger partial charge in [0.05, 0.1) is 0 Å². The largest absolute Gasteiger partial charge is 0.510 e. The summed E-state index contributed by atoms with van der Waals surface area (Å²) in [5.74, 6) is 0. The lowest BCUT2D eigenvalue weighted by atomic mass is 14.6. The Morgan fingerprint density at radius 2 is 1.55 bits per heavy atom. The van der Waals surface area contributed by atoms with Crippen LogP contribution in [0.3, 0.4) is 0 Å². The molecule has 1 unspecified atom stereocenters. The summed E-state index contributed by atoms with van der Waals surface area (Å²) in [5, 5.41) is 10.1. The van der Waals surface area contributed by atoms with E-state index in [1.807, 2.05) is 0 Å². The van der Waals surface area contributed by atoms with E-state index in [1.165, 1.54) is 0 Å². The van der Waals surface area contributed by atoms with Crippen molar-refractivity contribution in [3.63, 3.8) is 0 Å². The lowest BCUT2D eigenvalue weighted by molar-refractivity contribution is -0.445. The average Bonchev–Trinajstić information content (AvgIpc) is 1.55. The molecule has 9 nitrogen and oxygen atoms in total. The van der Waals surface area contributed by atoms with Gasteiger partial charge in [0, 0.05) is 0 Å². The van der Waals surface area contributed by atoms with Crippen LogP contribution in [0.15, 0.2) is 0 Å². The van der Waals surface area contributed by atoms with Crippen molar-refractivity contribution in [1.82, 2.24) is 0 Å². The zero-order valence-electron chi connectivity index (χ0n) is 4.72. The molecular formula is H4O9P2. The summed E-state index contributed by atoms with van der Waals surface area (Å²) in [4.78, 5) is 24.0. The summed E-state index contributed by atoms with van der Waals surface area (Å²) in [7, 11) is -10.2. The first-order valence-electron chi connectivity index (χ1n) is 1.86. The maximum absolute atomic E-state index is 10.2. The maximum atomic E-state index is 10.2. The second-order valence-corrected chi connectivity index (χ2v) is 3.91. The molecule has 0 rings (SSSR count). The highest BCUT2D eigenvalue weighted by Gasteiger charge is 2.33. The van der Waals surface area contributed by atoms with Crippen LogP contribution in [0, 0.1) is 0 Å².